The standard InChI is InChI=1S/C11H16N4O2S/c1-3-15(8-9(2)7-12)18(16,17)10-4-5-14-11(13)6-10/h4-6,9H,3,8H2,1-2H3,(H2,13,14). The number of hydrogen-bond acceptors (Lipinski definition) is 5. The average Bonchev–Trinajstić information content (AvgIpc) is 2.35. The molecule has 0 aliphatic carbocycles. The second kappa shape index (κ2) is 5.80. The first-order chi connectivity index (χ1) is 8.41. The third-order valence-corrected chi connectivity index (χ3v) is 4.38. The van der Waals surface area contributed by atoms with Gasteiger partial charge < -0.3 is 5.73 Å². The van der Waals surface area contributed by atoms with E-state index < -0.39 is 10.0 Å². The number of pyridine rings is 1. The average molecular weight is 268 g/mol. The number of rotatable bonds is 5. The van der Waals surface area contributed by atoms with E-state index in [0.717, 1.165) is 0 Å². The SMILES string of the molecule is CCN(CC(C)C#N)S(=O)(=O)c1ccnc(N)c1. The highest BCUT2D eigenvalue weighted by Crippen LogP contribution is 2.17. The van der Waals surface area contributed by atoms with Crippen LogP contribution < -0.4 is 5.73 Å². The molecular formula is C11H16N4O2S. The van der Waals surface area contributed by atoms with Crippen molar-refractivity contribution in [3.05, 3.63) is 18.3 Å². The van der Waals surface area contributed by atoms with Gasteiger partial charge in [0.1, 0.15) is 5.82 Å². The predicted molar refractivity (Wildman–Crippen MR) is 67.9 cm³/mol. The van der Waals surface area contributed by atoms with Crippen LogP contribution in [0.1, 0.15) is 13.8 Å². The van der Waals surface area contributed by atoms with Crippen LogP contribution in [0.2, 0.25) is 0 Å². The van der Waals surface area contributed by atoms with Crippen LogP contribution in [0, 0.1) is 17.2 Å². The Balaban J connectivity index is 3.08. The normalized spacial score (nSPS) is 13.2. The van der Waals surface area contributed by atoms with Gasteiger partial charge in [0.05, 0.1) is 16.9 Å². The zero-order valence-electron chi connectivity index (χ0n) is 10.4. The van der Waals surface area contributed by atoms with Crippen LogP contribution in [0.3, 0.4) is 0 Å². The summed E-state index contributed by atoms with van der Waals surface area (Å²) in [6.45, 7) is 3.87. The fourth-order valence-corrected chi connectivity index (χ4v) is 3.04. The van der Waals surface area contributed by atoms with E-state index in [4.69, 9.17) is 11.0 Å². The number of nitriles is 1. The Morgan fingerprint density at radius 1 is 1.61 bits per heavy atom. The molecule has 1 rings (SSSR count). The second-order valence-electron chi connectivity index (χ2n) is 3.90. The summed E-state index contributed by atoms with van der Waals surface area (Å²) in [6.07, 6.45) is 1.35. The van der Waals surface area contributed by atoms with Gasteiger partial charge in [-0.1, -0.05) is 6.92 Å². The van der Waals surface area contributed by atoms with Crippen molar-refractivity contribution in [3.8, 4) is 6.07 Å². The van der Waals surface area contributed by atoms with Crippen LogP contribution in [0.5, 0.6) is 0 Å². The van der Waals surface area contributed by atoms with Crippen molar-refractivity contribution >= 4 is 15.8 Å². The van der Waals surface area contributed by atoms with E-state index in [2.05, 4.69) is 4.98 Å². The molecule has 0 radical (unpaired) electrons. The van der Waals surface area contributed by atoms with E-state index >= 15 is 0 Å². The molecule has 2 N–H and O–H groups in total. The highest BCUT2D eigenvalue weighted by atomic mass is 32.2. The lowest BCUT2D eigenvalue weighted by Gasteiger charge is -2.21. The molecule has 6 nitrogen and oxygen atoms in total. The zero-order chi connectivity index (χ0) is 13.8. The van der Waals surface area contributed by atoms with Gasteiger partial charge in [-0.2, -0.15) is 9.57 Å². The van der Waals surface area contributed by atoms with Gasteiger partial charge in [-0.25, -0.2) is 13.4 Å². The Labute approximate surface area is 107 Å². The molecule has 0 aliphatic rings. The van der Waals surface area contributed by atoms with Crippen molar-refractivity contribution in [1.29, 1.82) is 5.26 Å². The molecule has 0 saturated heterocycles. The summed E-state index contributed by atoms with van der Waals surface area (Å²) in [6, 6.07) is 4.73. The van der Waals surface area contributed by atoms with Crippen molar-refractivity contribution in [2.75, 3.05) is 18.8 Å². The van der Waals surface area contributed by atoms with E-state index in [1.165, 1.54) is 22.6 Å². The molecule has 1 aromatic heterocycles. The molecular weight excluding hydrogens is 252 g/mol. The highest BCUT2D eigenvalue weighted by molar-refractivity contribution is 7.89. The molecule has 1 atom stereocenters. The van der Waals surface area contributed by atoms with Gasteiger partial charge in [0.2, 0.25) is 10.0 Å². The predicted octanol–water partition coefficient (Wildman–Crippen LogP) is 0.834. The van der Waals surface area contributed by atoms with Crippen molar-refractivity contribution < 1.29 is 8.42 Å². The summed E-state index contributed by atoms with van der Waals surface area (Å²) in [7, 11) is -3.62. The summed E-state index contributed by atoms with van der Waals surface area (Å²) >= 11 is 0. The van der Waals surface area contributed by atoms with Crippen LogP contribution in [0.4, 0.5) is 5.82 Å². The molecule has 0 spiro atoms. The van der Waals surface area contributed by atoms with Crippen molar-refractivity contribution in [2.45, 2.75) is 18.7 Å². The molecule has 18 heavy (non-hydrogen) atoms. The Morgan fingerprint density at radius 2 is 2.28 bits per heavy atom. The van der Waals surface area contributed by atoms with Gasteiger partial charge >= 0.3 is 0 Å². The molecule has 1 aromatic rings. The minimum Gasteiger partial charge on any atom is -0.384 e. The largest absolute Gasteiger partial charge is 0.384 e. The molecule has 1 heterocycles. The molecule has 0 aromatic carbocycles. The third kappa shape index (κ3) is 3.18. The summed E-state index contributed by atoms with van der Waals surface area (Å²) in [5, 5.41) is 8.76. The molecule has 0 aliphatic heterocycles. The number of nitrogen functional groups attached to an aromatic ring is 1. The lowest BCUT2D eigenvalue weighted by molar-refractivity contribution is 0.400. The quantitative estimate of drug-likeness (QED) is 0.852. The van der Waals surface area contributed by atoms with E-state index in [1.807, 2.05) is 6.07 Å². The Kier molecular flexibility index (Phi) is 4.64. The van der Waals surface area contributed by atoms with Gasteiger partial charge in [-0.05, 0) is 13.0 Å². The summed E-state index contributed by atoms with van der Waals surface area (Å²) in [5.74, 6) is -0.209. The van der Waals surface area contributed by atoms with Crippen LogP contribution in [0.25, 0.3) is 0 Å². The summed E-state index contributed by atoms with van der Waals surface area (Å²) < 4.78 is 25.9. The lowest BCUT2D eigenvalue weighted by atomic mass is 10.2. The van der Waals surface area contributed by atoms with E-state index in [9.17, 15) is 8.42 Å². The van der Waals surface area contributed by atoms with Crippen LogP contribution >= 0.6 is 0 Å². The second-order valence-corrected chi connectivity index (χ2v) is 5.84. The van der Waals surface area contributed by atoms with Gasteiger partial charge in [0, 0.05) is 25.4 Å². The maximum atomic E-state index is 12.3. The molecule has 0 fully saturated rings. The molecule has 0 bridgehead atoms. The van der Waals surface area contributed by atoms with Gasteiger partial charge in [-0.3, -0.25) is 0 Å². The van der Waals surface area contributed by atoms with Crippen LogP contribution in [0.15, 0.2) is 23.2 Å². The Hall–Kier alpha value is -1.65. The van der Waals surface area contributed by atoms with E-state index in [0.29, 0.717) is 6.54 Å². The number of hydrogen-bond donors (Lipinski definition) is 1. The topological polar surface area (TPSA) is 100 Å². The zero-order valence-corrected chi connectivity index (χ0v) is 11.2. The Bertz CT molecular complexity index is 550. The number of anilines is 1. The molecule has 98 valence electrons. The van der Waals surface area contributed by atoms with Gasteiger partial charge in [0.25, 0.3) is 0 Å². The fourth-order valence-electron chi connectivity index (χ4n) is 1.48. The van der Waals surface area contributed by atoms with Gasteiger partial charge in [-0.15, -0.1) is 0 Å². The number of nitrogens with two attached hydrogens (primary N) is 1. The first-order valence-corrected chi connectivity index (χ1v) is 6.97. The monoisotopic (exact) mass is 268 g/mol. The van der Waals surface area contributed by atoms with Crippen LogP contribution in [-0.2, 0) is 10.0 Å². The van der Waals surface area contributed by atoms with Crippen molar-refractivity contribution in [1.82, 2.24) is 9.29 Å². The lowest BCUT2D eigenvalue weighted by Crippen LogP contribution is -2.34. The van der Waals surface area contributed by atoms with Crippen molar-refractivity contribution in [3.63, 3.8) is 0 Å². The number of nitrogens with zero attached hydrogens (tertiary/aromatic N) is 3. The maximum absolute atomic E-state index is 12.3. The summed E-state index contributed by atoms with van der Waals surface area (Å²) in [4.78, 5) is 3.86. The van der Waals surface area contributed by atoms with E-state index in [-0.39, 0.29) is 23.2 Å². The minimum absolute atomic E-state index is 0.0991. The van der Waals surface area contributed by atoms with Crippen molar-refractivity contribution in [2.24, 2.45) is 5.92 Å². The molecule has 7 heteroatoms. The van der Waals surface area contributed by atoms with Crippen LogP contribution in [-0.4, -0.2) is 30.8 Å². The highest BCUT2D eigenvalue weighted by Gasteiger charge is 2.24. The molecule has 0 amide bonds. The maximum Gasteiger partial charge on any atom is 0.243 e. The number of aromatic nitrogens is 1. The number of sulfonamides is 1. The minimum atomic E-state index is -3.62. The molecule has 1 unspecified atom stereocenters. The molecule has 0 saturated carbocycles. The fraction of sp³-hybridized carbons (Fsp3) is 0.455. The smallest absolute Gasteiger partial charge is 0.243 e. The van der Waals surface area contributed by atoms with Gasteiger partial charge in [0.15, 0.2) is 0 Å². The Morgan fingerprint density at radius 3 is 2.78 bits per heavy atom. The van der Waals surface area contributed by atoms with E-state index in [1.54, 1.807) is 13.8 Å². The third-order valence-electron chi connectivity index (χ3n) is 2.44. The summed E-state index contributed by atoms with van der Waals surface area (Å²) in [5.41, 5.74) is 5.48. The first kappa shape index (κ1) is 14.4. The first-order valence-electron chi connectivity index (χ1n) is 5.53.